The number of benzene rings is 3. The first-order valence-electron chi connectivity index (χ1n) is 13.6. The number of rotatable bonds is 15. The number of carbonyl (C=O) groups is 2. The van der Waals surface area contributed by atoms with Crippen LogP contribution in [0.1, 0.15) is 38.7 Å². The molecule has 8 nitrogen and oxygen atoms in total. The molecule has 2 amide bonds. The summed E-state index contributed by atoms with van der Waals surface area (Å²) in [6.07, 6.45) is 2.68. The van der Waals surface area contributed by atoms with Crippen molar-refractivity contribution in [3.8, 4) is 5.75 Å². The van der Waals surface area contributed by atoms with Gasteiger partial charge in [0.1, 0.15) is 18.3 Å². The molecule has 0 unspecified atom stereocenters. The summed E-state index contributed by atoms with van der Waals surface area (Å²) in [4.78, 5) is 28.8. The Morgan fingerprint density at radius 1 is 0.925 bits per heavy atom. The van der Waals surface area contributed by atoms with Gasteiger partial charge in [-0.1, -0.05) is 74.9 Å². The summed E-state index contributed by atoms with van der Waals surface area (Å²) >= 11 is 0. The molecule has 0 heterocycles. The number of nitrogens with one attached hydrogen (secondary N) is 1. The summed E-state index contributed by atoms with van der Waals surface area (Å²) in [5.74, 6) is -0.243. The lowest BCUT2D eigenvalue weighted by atomic mass is 10.1. The molecule has 0 aliphatic carbocycles. The second kappa shape index (κ2) is 15.1. The average Bonchev–Trinajstić information content (AvgIpc) is 2.98. The molecule has 0 spiro atoms. The van der Waals surface area contributed by atoms with E-state index in [1.807, 2.05) is 44.2 Å². The van der Waals surface area contributed by atoms with Gasteiger partial charge in [0.2, 0.25) is 11.8 Å². The van der Waals surface area contributed by atoms with E-state index >= 15 is 0 Å². The molecule has 9 heteroatoms. The van der Waals surface area contributed by atoms with Gasteiger partial charge in [-0.15, -0.1) is 0 Å². The minimum atomic E-state index is -4.12. The van der Waals surface area contributed by atoms with Gasteiger partial charge >= 0.3 is 0 Å². The minimum absolute atomic E-state index is 0.0609. The lowest BCUT2D eigenvalue weighted by Gasteiger charge is -2.33. The van der Waals surface area contributed by atoms with Crippen molar-refractivity contribution < 1.29 is 22.7 Å². The predicted molar refractivity (Wildman–Crippen MR) is 158 cm³/mol. The third kappa shape index (κ3) is 8.08. The molecule has 3 rings (SSSR count). The number of amides is 2. The molecule has 0 aliphatic heterocycles. The van der Waals surface area contributed by atoms with Crippen molar-refractivity contribution in [3.63, 3.8) is 0 Å². The molecule has 0 aliphatic rings. The smallest absolute Gasteiger partial charge is 0.264 e. The van der Waals surface area contributed by atoms with Crippen LogP contribution >= 0.6 is 0 Å². The number of hydrogen-bond donors (Lipinski definition) is 1. The highest BCUT2D eigenvalue weighted by Crippen LogP contribution is 2.27. The molecule has 0 saturated heterocycles. The van der Waals surface area contributed by atoms with E-state index in [1.165, 1.54) is 24.1 Å². The van der Waals surface area contributed by atoms with E-state index < -0.39 is 28.5 Å². The van der Waals surface area contributed by atoms with Gasteiger partial charge in [-0.2, -0.15) is 0 Å². The SMILES string of the molecule is CCCCNC(=O)[C@@H](CC)N(CCc1ccccc1)C(=O)CN(c1cccc(OC)c1)S(=O)(=O)c1ccccc1. The van der Waals surface area contributed by atoms with Crippen molar-refractivity contribution in [2.75, 3.05) is 31.0 Å². The Bertz CT molecular complexity index is 1330. The molecule has 0 saturated carbocycles. The Labute approximate surface area is 238 Å². The summed E-state index contributed by atoms with van der Waals surface area (Å²) in [5, 5.41) is 2.94. The maximum atomic E-state index is 14.0. The zero-order chi connectivity index (χ0) is 29.0. The summed E-state index contributed by atoms with van der Waals surface area (Å²) in [5.41, 5.74) is 1.31. The van der Waals surface area contributed by atoms with E-state index in [2.05, 4.69) is 5.32 Å². The Morgan fingerprint density at radius 2 is 1.60 bits per heavy atom. The van der Waals surface area contributed by atoms with E-state index in [0.29, 0.717) is 30.8 Å². The third-order valence-electron chi connectivity index (χ3n) is 6.65. The monoisotopic (exact) mass is 565 g/mol. The first kappa shape index (κ1) is 30.7. The van der Waals surface area contributed by atoms with Crippen LogP contribution in [0.25, 0.3) is 0 Å². The van der Waals surface area contributed by atoms with Crippen LogP contribution in [0.5, 0.6) is 5.75 Å². The highest BCUT2D eigenvalue weighted by atomic mass is 32.2. The van der Waals surface area contributed by atoms with Crippen LogP contribution in [-0.2, 0) is 26.0 Å². The van der Waals surface area contributed by atoms with E-state index in [9.17, 15) is 18.0 Å². The number of methoxy groups -OCH3 is 1. The van der Waals surface area contributed by atoms with Gasteiger partial charge in [0, 0.05) is 19.2 Å². The highest BCUT2D eigenvalue weighted by molar-refractivity contribution is 7.92. The maximum absolute atomic E-state index is 14.0. The molecule has 214 valence electrons. The number of ether oxygens (including phenoxy) is 1. The predicted octanol–water partition coefficient (Wildman–Crippen LogP) is 4.66. The van der Waals surface area contributed by atoms with Crippen LogP contribution in [-0.4, -0.2) is 57.9 Å². The first-order valence-corrected chi connectivity index (χ1v) is 15.1. The quantitative estimate of drug-likeness (QED) is 0.271. The van der Waals surface area contributed by atoms with Crippen molar-refractivity contribution in [3.05, 3.63) is 90.5 Å². The number of hydrogen-bond acceptors (Lipinski definition) is 5. The zero-order valence-corrected chi connectivity index (χ0v) is 24.3. The highest BCUT2D eigenvalue weighted by Gasteiger charge is 2.33. The maximum Gasteiger partial charge on any atom is 0.264 e. The van der Waals surface area contributed by atoms with Crippen LogP contribution in [0.2, 0.25) is 0 Å². The Kier molecular flexibility index (Phi) is 11.6. The van der Waals surface area contributed by atoms with Crippen molar-refractivity contribution in [1.82, 2.24) is 10.2 Å². The third-order valence-corrected chi connectivity index (χ3v) is 8.44. The van der Waals surface area contributed by atoms with Crippen molar-refractivity contribution in [2.45, 2.75) is 50.5 Å². The molecule has 1 N–H and O–H groups in total. The Hall–Kier alpha value is -3.85. The van der Waals surface area contributed by atoms with Gasteiger partial charge in [0.05, 0.1) is 17.7 Å². The van der Waals surface area contributed by atoms with E-state index in [4.69, 9.17) is 4.74 Å². The van der Waals surface area contributed by atoms with Gasteiger partial charge in [0.25, 0.3) is 10.0 Å². The molecule has 0 aromatic heterocycles. The summed E-state index contributed by atoms with van der Waals surface area (Å²) in [6.45, 7) is 4.20. The van der Waals surface area contributed by atoms with Crippen molar-refractivity contribution >= 4 is 27.5 Å². The number of carbonyl (C=O) groups excluding carboxylic acids is 2. The largest absolute Gasteiger partial charge is 0.497 e. The van der Waals surface area contributed by atoms with Gasteiger partial charge in [0.15, 0.2) is 0 Å². The lowest BCUT2D eigenvalue weighted by molar-refractivity contribution is -0.139. The summed E-state index contributed by atoms with van der Waals surface area (Å²) in [7, 11) is -2.62. The van der Waals surface area contributed by atoms with Crippen LogP contribution in [0.4, 0.5) is 5.69 Å². The molecule has 3 aromatic carbocycles. The fourth-order valence-corrected chi connectivity index (χ4v) is 5.84. The standard InChI is InChI=1S/C31H39N3O5S/c1-4-6-21-32-31(36)29(5-2)33(22-20-25-14-9-7-10-15-25)30(35)24-34(26-16-13-17-27(23-26)39-3)40(37,38)28-18-11-8-12-19-28/h7-19,23,29H,4-6,20-22,24H2,1-3H3,(H,32,36)/t29-/m1/s1. The van der Waals surface area contributed by atoms with E-state index in [1.54, 1.807) is 42.5 Å². The molecular formula is C31H39N3O5S. The molecule has 0 fully saturated rings. The van der Waals surface area contributed by atoms with Gasteiger partial charge in [-0.3, -0.25) is 13.9 Å². The zero-order valence-electron chi connectivity index (χ0n) is 23.5. The molecule has 40 heavy (non-hydrogen) atoms. The fourth-order valence-electron chi connectivity index (χ4n) is 4.42. The number of sulfonamides is 1. The van der Waals surface area contributed by atoms with Crippen LogP contribution in [0.15, 0.2) is 89.8 Å². The van der Waals surface area contributed by atoms with E-state index in [0.717, 1.165) is 22.7 Å². The van der Waals surface area contributed by atoms with Crippen LogP contribution in [0.3, 0.4) is 0 Å². The van der Waals surface area contributed by atoms with Gasteiger partial charge in [-0.25, -0.2) is 8.42 Å². The van der Waals surface area contributed by atoms with Gasteiger partial charge < -0.3 is 15.0 Å². The summed E-state index contributed by atoms with van der Waals surface area (Å²) < 4.78 is 34.1. The van der Waals surface area contributed by atoms with Crippen LogP contribution in [0, 0.1) is 0 Å². The Balaban J connectivity index is 1.99. The number of unbranched alkanes of at least 4 members (excludes halogenated alkanes) is 1. The molecule has 3 aromatic rings. The molecule has 0 bridgehead atoms. The molecular weight excluding hydrogens is 526 g/mol. The second-order valence-corrected chi connectivity index (χ2v) is 11.3. The molecule has 0 radical (unpaired) electrons. The fraction of sp³-hybridized carbons (Fsp3) is 0.355. The Morgan fingerprint density at radius 3 is 2.23 bits per heavy atom. The summed E-state index contributed by atoms with van der Waals surface area (Å²) in [6, 6.07) is 23.5. The lowest BCUT2D eigenvalue weighted by Crippen LogP contribution is -2.53. The van der Waals surface area contributed by atoms with E-state index in [-0.39, 0.29) is 17.3 Å². The first-order chi connectivity index (χ1) is 19.3. The topological polar surface area (TPSA) is 96.0 Å². The number of nitrogens with zero attached hydrogens (tertiary/aromatic N) is 2. The second-order valence-electron chi connectivity index (χ2n) is 9.42. The normalized spacial score (nSPS) is 11.9. The van der Waals surface area contributed by atoms with Gasteiger partial charge in [-0.05, 0) is 49.1 Å². The average molecular weight is 566 g/mol. The van der Waals surface area contributed by atoms with Crippen molar-refractivity contribution in [1.29, 1.82) is 0 Å². The number of anilines is 1. The minimum Gasteiger partial charge on any atom is -0.497 e. The van der Waals surface area contributed by atoms with Crippen LogP contribution < -0.4 is 14.4 Å². The molecule has 1 atom stereocenters. The van der Waals surface area contributed by atoms with Crippen molar-refractivity contribution in [2.24, 2.45) is 0 Å².